The average molecular weight is 308 g/mol. The van der Waals surface area contributed by atoms with Crippen molar-refractivity contribution < 1.29 is 8.78 Å². The highest BCUT2D eigenvalue weighted by molar-refractivity contribution is 5.73. The number of rotatable bonds is 4. The summed E-state index contributed by atoms with van der Waals surface area (Å²) < 4.78 is 25.4. The second-order valence-electron chi connectivity index (χ2n) is 5.06. The first-order valence-electron chi connectivity index (χ1n) is 7.14. The lowest BCUT2D eigenvalue weighted by Crippen LogP contribution is -1.84. The van der Waals surface area contributed by atoms with Gasteiger partial charge in [0.25, 0.3) is 6.43 Å². The first kappa shape index (κ1) is 15.0. The number of benzene rings is 2. The number of hydrogen-bond donors (Lipinski definition) is 0. The minimum atomic E-state index is -2.45. The van der Waals surface area contributed by atoms with E-state index in [4.69, 9.17) is 0 Å². The molecule has 0 saturated carbocycles. The zero-order valence-electron chi connectivity index (χ0n) is 12.2. The summed E-state index contributed by atoms with van der Waals surface area (Å²) in [6.45, 7) is 0. The molecule has 1 aromatic heterocycles. The Morgan fingerprint density at radius 2 is 1.43 bits per heavy atom. The van der Waals surface area contributed by atoms with Crippen LogP contribution in [0.2, 0.25) is 0 Å². The summed E-state index contributed by atoms with van der Waals surface area (Å²) in [5.74, 6) is 0. The minimum Gasteiger partial charge on any atom is -0.244 e. The highest BCUT2D eigenvalue weighted by Gasteiger charge is 2.05. The van der Waals surface area contributed by atoms with Gasteiger partial charge in [-0.1, -0.05) is 48.6 Å². The summed E-state index contributed by atoms with van der Waals surface area (Å²) in [5, 5.41) is 0. The van der Waals surface area contributed by atoms with Crippen molar-refractivity contribution in [2.45, 2.75) is 6.43 Å². The van der Waals surface area contributed by atoms with Crippen LogP contribution in [0.3, 0.4) is 0 Å². The van der Waals surface area contributed by atoms with Crippen molar-refractivity contribution in [2.24, 2.45) is 0 Å². The molecule has 0 atom stereocenters. The van der Waals surface area contributed by atoms with Crippen LogP contribution in [0.1, 0.15) is 23.1 Å². The fourth-order valence-electron chi connectivity index (χ4n) is 2.26. The van der Waals surface area contributed by atoms with Gasteiger partial charge in [0, 0.05) is 23.5 Å². The van der Waals surface area contributed by atoms with Crippen molar-refractivity contribution in [3.8, 4) is 11.1 Å². The largest absolute Gasteiger partial charge is 0.263 e. The molecule has 2 aromatic carbocycles. The first-order chi connectivity index (χ1) is 11.2. The van der Waals surface area contributed by atoms with Crippen LogP contribution in [0.15, 0.2) is 67.3 Å². The second-order valence-corrected chi connectivity index (χ2v) is 5.06. The second kappa shape index (κ2) is 6.92. The van der Waals surface area contributed by atoms with Crippen molar-refractivity contribution in [2.75, 3.05) is 0 Å². The van der Waals surface area contributed by atoms with Gasteiger partial charge in [-0.25, -0.2) is 18.7 Å². The zero-order valence-corrected chi connectivity index (χ0v) is 12.2. The average Bonchev–Trinajstić information content (AvgIpc) is 2.61. The predicted molar refractivity (Wildman–Crippen MR) is 87.8 cm³/mol. The Kier molecular flexibility index (Phi) is 4.52. The van der Waals surface area contributed by atoms with Gasteiger partial charge in [-0.05, 0) is 28.8 Å². The third-order valence-corrected chi connectivity index (χ3v) is 3.41. The third-order valence-electron chi connectivity index (χ3n) is 3.41. The van der Waals surface area contributed by atoms with Gasteiger partial charge in [0.15, 0.2) is 0 Å². The van der Waals surface area contributed by atoms with Gasteiger partial charge in [-0.15, -0.1) is 0 Å². The number of hydrogen-bond acceptors (Lipinski definition) is 2. The van der Waals surface area contributed by atoms with Gasteiger partial charge in [-0.3, -0.25) is 0 Å². The molecule has 3 aromatic rings. The normalized spacial score (nSPS) is 11.3. The van der Waals surface area contributed by atoms with Crippen LogP contribution in [-0.2, 0) is 0 Å². The van der Waals surface area contributed by atoms with Crippen molar-refractivity contribution in [1.29, 1.82) is 0 Å². The van der Waals surface area contributed by atoms with E-state index < -0.39 is 6.43 Å². The fourth-order valence-corrected chi connectivity index (χ4v) is 2.26. The maximum absolute atomic E-state index is 12.7. The molecule has 0 aliphatic heterocycles. The number of aromatic nitrogens is 2. The van der Waals surface area contributed by atoms with E-state index in [9.17, 15) is 8.78 Å². The van der Waals surface area contributed by atoms with Gasteiger partial charge in [0.1, 0.15) is 6.33 Å². The van der Waals surface area contributed by atoms with E-state index in [0.29, 0.717) is 0 Å². The molecule has 3 rings (SSSR count). The Balaban J connectivity index is 1.84. The van der Waals surface area contributed by atoms with Gasteiger partial charge >= 0.3 is 0 Å². The third kappa shape index (κ3) is 3.86. The lowest BCUT2D eigenvalue weighted by molar-refractivity contribution is 0.151. The van der Waals surface area contributed by atoms with Crippen LogP contribution >= 0.6 is 0 Å². The molecule has 0 amide bonds. The monoisotopic (exact) mass is 308 g/mol. The predicted octanol–water partition coefficient (Wildman–Crippen LogP) is 5.25. The van der Waals surface area contributed by atoms with Crippen molar-refractivity contribution in [3.63, 3.8) is 0 Å². The number of nitrogens with zero attached hydrogens (tertiary/aromatic N) is 2. The van der Waals surface area contributed by atoms with Crippen molar-refractivity contribution in [3.05, 3.63) is 83.9 Å². The molecule has 1 heterocycles. The van der Waals surface area contributed by atoms with Gasteiger partial charge in [-0.2, -0.15) is 0 Å². The van der Waals surface area contributed by atoms with Crippen LogP contribution in [0.5, 0.6) is 0 Å². The van der Waals surface area contributed by atoms with Crippen LogP contribution in [0.4, 0.5) is 8.78 Å². The van der Waals surface area contributed by atoms with E-state index in [1.807, 2.05) is 36.4 Å². The molecule has 0 N–H and O–H groups in total. The van der Waals surface area contributed by atoms with E-state index in [-0.39, 0.29) is 5.56 Å². The van der Waals surface area contributed by atoms with E-state index >= 15 is 0 Å². The number of halogens is 2. The Morgan fingerprint density at radius 1 is 0.783 bits per heavy atom. The molecule has 0 bridgehead atoms. The van der Waals surface area contributed by atoms with Crippen LogP contribution in [0, 0.1) is 0 Å². The Labute approximate surface area is 133 Å². The molecule has 0 aliphatic rings. The standard InChI is InChI=1S/C19H14F2N2/c20-19(21)17-6-2-4-15(10-17)8-7-14-3-1-5-16(9-14)18-11-22-13-23-12-18/h1-13,19H/b8-7+. The molecule has 23 heavy (non-hydrogen) atoms. The highest BCUT2D eigenvalue weighted by Crippen LogP contribution is 2.22. The van der Waals surface area contributed by atoms with Gasteiger partial charge < -0.3 is 0 Å². The van der Waals surface area contributed by atoms with E-state index in [1.54, 1.807) is 24.5 Å². The fraction of sp³-hybridized carbons (Fsp3) is 0.0526. The first-order valence-corrected chi connectivity index (χ1v) is 7.14. The van der Waals surface area contributed by atoms with Crippen molar-refractivity contribution in [1.82, 2.24) is 9.97 Å². The van der Waals surface area contributed by atoms with Crippen LogP contribution in [-0.4, -0.2) is 9.97 Å². The highest BCUT2D eigenvalue weighted by atomic mass is 19.3. The Morgan fingerprint density at radius 3 is 2.13 bits per heavy atom. The molecule has 0 radical (unpaired) electrons. The summed E-state index contributed by atoms with van der Waals surface area (Å²) in [6, 6.07) is 14.3. The summed E-state index contributed by atoms with van der Waals surface area (Å²) in [7, 11) is 0. The Hall–Kier alpha value is -2.88. The lowest BCUT2D eigenvalue weighted by atomic mass is 10.0. The van der Waals surface area contributed by atoms with Crippen molar-refractivity contribution >= 4 is 12.2 Å². The number of alkyl halides is 2. The molecule has 0 aliphatic carbocycles. The SMILES string of the molecule is FC(F)c1cccc(/C=C/c2cccc(-c3cncnc3)c2)c1. The van der Waals surface area contributed by atoms with E-state index in [1.165, 1.54) is 18.5 Å². The summed E-state index contributed by atoms with van der Waals surface area (Å²) >= 11 is 0. The van der Waals surface area contributed by atoms with E-state index in [0.717, 1.165) is 22.3 Å². The quantitative estimate of drug-likeness (QED) is 0.615. The Bertz CT molecular complexity index is 814. The smallest absolute Gasteiger partial charge is 0.244 e. The maximum Gasteiger partial charge on any atom is 0.263 e. The summed E-state index contributed by atoms with van der Waals surface area (Å²) in [5.41, 5.74) is 3.70. The van der Waals surface area contributed by atoms with E-state index in [2.05, 4.69) is 9.97 Å². The summed E-state index contributed by atoms with van der Waals surface area (Å²) in [6.07, 6.45) is 6.27. The molecular formula is C19H14F2N2. The van der Waals surface area contributed by atoms with Gasteiger partial charge in [0.05, 0.1) is 0 Å². The van der Waals surface area contributed by atoms with Crippen LogP contribution < -0.4 is 0 Å². The molecule has 114 valence electrons. The molecule has 0 saturated heterocycles. The topological polar surface area (TPSA) is 25.8 Å². The van der Waals surface area contributed by atoms with Gasteiger partial charge in [0.2, 0.25) is 0 Å². The molecule has 0 fully saturated rings. The van der Waals surface area contributed by atoms with Crippen LogP contribution in [0.25, 0.3) is 23.3 Å². The lowest BCUT2D eigenvalue weighted by Gasteiger charge is -2.02. The minimum absolute atomic E-state index is 0.0299. The molecule has 4 heteroatoms. The molecule has 0 spiro atoms. The molecular weight excluding hydrogens is 294 g/mol. The molecule has 2 nitrogen and oxygen atoms in total. The zero-order chi connectivity index (χ0) is 16.1. The molecule has 0 unspecified atom stereocenters. The maximum atomic E-state index is 12.7. The summed E-state index contributed by atoms with van der Waals surface area (Å²) in [4.78, 5) is 8.02.